The van der Waals surface area contributed by atoms with Crippen LogP contribution in [0.15, 0.2) is 29.6 Å². The van der Waals surface area contributed by atoms with Crippen LogP contribution in [0, 0.1) is 0 Å². The zero-order valence-electron chi connectivity index (χ0n) is 11.1. The number of halogens is 1. The molecule has 2 rings (SSSR count). The molecule has 4 nitrogen and oxygen atoms in total. The minimum Gasteiger partial charge on any atom is -0.493 e. The van der Waals surface area contributed by atoms with Crippen molar-refractivity contribution in [2.45, 2.75) is 6.54 Å². The predicted molar refractivity (Wildman–Crippen MR) is 82.2 cm³/mol. The molecule has 0 unspecified atom stereocenters. The number of nitrogens with one attached hydrogen (secondary N) is 1. The molecule has 1 aromatic heterocycles. The average molecular weight is 314 g/mol. The molecule has 0 amide bonds. The number of thiophene rings is 1. The van der Waals surface area contributed by atoms with Crippen molar-refractivity contribution < 1.29 is 14.6 Å². The highest BCUT2D eigenvalue weighted by Gasteiger charge is 2.06. The van der Waals surface area contributed by atoms with E-state index < -0.39 is 0 Å². The fraction of sp³-hybridized carbons (Fsp3) is 0.286. The highest BCUT2D eigenvalue weighted by Crippen LogP contribution is 2.30. The summed E-state index contributed by atoms with van der Waals surface area (Å²) in [6.07, 6.45) is 0. The van der Waals surface area contributed by atoms with Gasteiger partial charge in [0.1, 0.15) is 6.61 Å². The van der Waals surface area contributed by atoms with E-state index in [1.54, 1.807) is 18.4 Å². The SMILES string of the molecule is COc1ccc(NCc2cc(Cl)cs2)cc1OCCO. The van der Waals surface area contributed by atoms with E-state index in [1.807, 2.05) is 29.6 Å². The molecule has 0 spiro atoms. The molecule has 0 fully saturated rings. The van der Waals surface area contributed by atoms with Crippen molar-refractivity contribution in [3.63, 3.8) is 0 Å². The Labute approximate surface area is 126 Å². The van der Waals surface area contributed by atoms with Gasteiger partial charge in [0.05, 0.1) is 18.7 Å². The second-order valence-corrected chi connectivity index (χ2v) is 5.45. The molecule has 2 aromatic rings. The third-order valence-corrected chi connectivity index (χ3v) is 3.89. The van der Waals surface area contributed by atoms with Gasteiger partial charge in [-0.2, -0.15) is 0 Å². The minimum atomic E-state index is -0.0332. The van der Waals surface area contributed by atoms with Gasteiger partial charge in [-0.1, -0.05) is 11.6 Å². The van der Waals surface area contributed by atoms with E-state index in [0.717, 1.165) is 15.6 Å². The standard InChI is InChI=1S/C14H16ClNO3S/c1-18-13-3-2-11(7-14(13)19-5-4-17)16-8-12-6-10(15)9-20-12/h2-3,6-7,9,16-17H,4-5,8H2,1H3. The summed E-state index contributed by atoms with van der Waals surface area (Å²) in [5.41, 5.74) is 0.920. The number of hydrogen-bond donors (Lipinski definition) is 2. The summed E-state index contributed by atoms with van der Waals surface area (Å²) in [7, 11) is 1.59. The van der Waals surface area contributed by atoms with Crippen molar-refractivity contribution >= 4 is 28.6 Å². The number of hydrogen-bond acceptors (Lipinski definition) is 5. The number of rotatable bonds is 7. The summed E-state index contributed by atoms with van der Waals surface area (Å²) in [6.45, 7) is 0.901. The Morgan fingerprint density at radius 3 is 2.80 bits per heavy atom. The van der Waals surface area contributed by atoms with Gasteiger partial charge in [-0.3, -0.25) is 0 Å². The Bertz CT molecular complexity index is 559. The first-order chi connectivity index (χ1) is 9.72. The number of benzene rings is 1. The lowest BCUT2D eigenvalue weighted by molar-refractivity contribution is 0.196. The lowest BCUT2D eigenvalue weighted by Crippen LogP contribution is -2.04. The highest BCUT2D eigenvalue weighted by molar-refractivity contribution is 7.10. The van der Waals surface area contributed by atoms with Gasteiger partial charge in [0.2, 0.25) is 0 Å². The Morgan fingerprint density at radius 2 is 2.15 bits per heavy atom. The van der Waals surface area contributed by atoms with E-state index in [9.17, 15) is 0 Å². The molecular weight excluding hydrogens is 298 g/mol. The van der Waals surface area contributed by atoms with Gasteiger partial charge >= 0.3 is 0 Å². The Balaban J connectivity index is 2.03. The number of anilines is 1. The lowest BCUT2D eigenvalue weighted by atomic mass is 10.2. The number of ether oxygens (including phenoxy) is 2. The normalized spacial score (nSPS) is 10.3. The summed E-state index contributed by atoms with van der Waals surface area (Å²) in [6, 6.07) is 7.53. The van der Waals surface area contributed by atoms with E-state index >= 15 is 0 Å². The number of aliphatic hydroxyl groups is 1. The molecule has 0 bridgehead atoms. The average Bonchev–Trinajstić information content (AvgIpc) is 2.88. The Hall–Kier alpha value is -1.43. The summed E-state index contributed by atoms with van der Waals surface area (Å²) < 4.78 is 10.7. The molecule has 0 radical (unpaired) electrons. The van der Waals surface area contributed by atoms with Gasteiger partial charge in [0.15, 0.2) is 11.5 Å². The van der Waals surface area contributed by atoms with Crippen LogP contribution in [0.25, 0.3) is 0 Å². The second kappa shape index (κ2) is 7.38. The monoisotopic (exact) mass is 313 g/mol. The first-order valence-electron chi connectivity index (χ1n) is 6.11. The topological polar surface area (TPSA) is 50.7 Å². The molecule has 0 aliphatic rings. The van der Waals surface area contributed by atoms with Crippen LogP contribution in [-0.4, -0.2) is 25.4 Å². The fourth-order valence-corrected chi connectivity index (χ4v) is 2.70. The molecule has 0 aliphatic heterocycles. The summed E-state index contributed by atoms with van der Waals surface area (Å²) in [5, 5.41) is 14.8. The zero-order valence-corrected chi connectivity index (χ0v) is 12.6. The highest BCUT2D eigenvalue weighted by atomic mass is 35.5. The Morgan fingerprint density at radius 1 is 1.30 bits per heavy atom. The molecule has 2 N–H and O–H groups in total. The van der Waals surface area contributed by atoms with Crippen molar-refractivity contribution in [2.75, 3.05) is 25.6 Å². The zero-order chi connectivity index (χ0) is 14.4. The first-order valence-corrected chi connectivity index (χ1v) is 7.37. The minimum absolute atomic E-state index is 0.0332. The van der Waals surface area contributed by atoms with E-state index in [1.165, 1.54) is 0 Å². The largest absolute Gasteiger partial charge is 0.493 e. The van der Waals surface area contributed by atoms with Crippen molar-refractivity contribution in [1.29, 1.82) is 0 Å². The van der Waals surface area contributed by atoms with Gasteiger partial charge in [-0.25, -0.2) is 0 Å². The molecule has 0 atom stereocenters. The maximum atomic E-state index is 8.82. The van der Waals surface area contributed by atoms with Crippen LogP contribution in [0.3, 0.4) is 0 Å². The van der Waals surface area contributed by atoms with Gasteiger partial charge < -0.3 is 19.9 Å². The van der Waals surface area contributed by atoms with Crippen LogP contribution < -0.4 is 14.8 Å². The van der Waals surface area contributed by atoms with E-state index in [2.05, 4.69) is 5.32 Å². The van der Waals surface area contributed by atoms with Crippen LogP contribution in [0.4, 0.5) is 5.69 Å². The molecule has 1 heterocycles. The van der Waals surface area contributed by atoms with Crippen molar-refractivity contribution in [1.82, 2.24) is 0 Å². The van der Waals surface area contributed by atoms with Crippen molar-refractivity contribution in [3.05, 3.63) is 39.5 Å². The smallest absolute Gasteiger partial charge is 0.163 e. The second-order valence-electron chi connectivity index (χ2n) is 4.02. The van der Waals surface area contributed by atoms with Gasteiger partial charge in [-0.05, 0) is 18.2 Å². The van der Waals surface area contributed by atoms with E-state index in [4.69, 9.17) is 26.2 Å². The van der Waals surface area contributed by atoms with E-state index in [-0.39, 0.29) is 13.2 Å². The predicted octanol–water partition coefficient (Wildman–Crippen LogP) is 3.39. The molecule has 6 heteroatoms. The third-order valence-electron chi connectivity index (χ3n) is 2.60. The molecule has 0 saturated carbocycles. The maximum Gasteiger partial charge on any atom is 0.163 e. The summed E-state index contributed by atoms with van der Waals surface area (Å²) in [4.78, 5) is 1.16. The molecule has 0 saturated heterocycles. The van der Waals surface area contributed by atoms with Crippen LogP contribution in [0.2, 0.25) is 5.02 Å². The van der Waals surface area contributed by atoms with Gasteiger partial charge in [-0.15, -0.1) is 11.3 Å². The van der Waals surface area contributed by atoms with Crippen LogP contribution >= 0.6 is 22.9 Å². The molecular formula is C14H16ClNO3S. The number of methoxy groups -OCH3 is 1. The first kappa shape index (κ1) is 15.0. The number of aliphatic hydroxyl groups excluding tert-OH is 1. The lowest BCUT2D eigenvalue weighted by Gasteiger charge is -2.12. The van der Waals surface area contributed by atoms with E-state index in [0.29, 0.717) is 18.0 Å². The quantitative estimate of drug-likeness (QED) is 0.822. The fourth-order valence-electron chi connectivity index (χ4n) is 1.69. The Kier molecular flexibility index (Phi) is 5.52. The maximum absolute atomic E-state index is 8.82. The molecule has 108 valence electrons. The summed E-state index contributed by atoms with van der Waals surface area (Å²) in [5.74, 6) is 1.25. The summed E-state index contributed by atoms with van der Waals surface area (Å²) >= 11 is 7.50. The van der Waals surface area contributed by atoms with Crippen LogP contribution in [0.1, 0.15) is 4.88 Å². The molecule has 20 heavy (non-hydrogen) atoms. The third kappa shape index (κ3) is 4.03. The van der Waals surface area contributed by atoms with Crippen LogP contribution in [0.5, 0.6) is 11.5 Å². The van der Waals surface area contributed by atoms with Gasteiger partial charge in [0, 0.05) is 28.6 Å². The van der Waals surface area contributed by atoms with Gasteiger partial charge in [0.25, 0.3) is 0 Å². The molecule has 0 aliphatic carbocycles. The van der Waals surface area contributed by atoms with Crippen molar-refractivity contribution in [2.24, 2.45) is 0 Å². The van der Waals surface area contributed by atoms with Crippen LogP contribution in [-0.2, 0) is 6.54 Å². The van der Waals surface area contributed by atoms with Crippen molar-refractivity contribution in [3.8, 4) is 11.5 Å². The molecule has 1 aromatic carbocycles.